The lowest BCUT2D eigenvalue weighted by Gasteiger charge is -2.40. The van der Waals surface area contributed by atoms with Gasteiger partial charge < -0.3 is 15.0 Å². The van der Waals surface area contributed by atoms with Gasteiger partial charge in [0.15, 0.2) is 6.61 Å². The minimum Gasteiger partial charge on any atom is -0.482 e. The summed E-state index contributed by atoms with van der Waals surface area (Å²) < 4.78 is 6.40. The molecule has 4 aromatic carbocycles. The lowest BCUT2D eigenvalue weighted by Crippen LogP contribution is -2.50. The number of halogens is 2. The fraction of sp³-hybridized carbons (Fsp3) is 0.188. The summed E-state index contributed by atoms with van der Waals surface area (Å²) in [6.07, 6.45) is 0. The number of hydrogen-bond donors (Lipinski definition) is 1. The van der Waals surface area contributed by atoms with Crippen LogP contribution < -0.4 is 10.1 Å². The quantitative estimate of drug-likeness (QED) is 0.240. The van der Waals surface area contributed by atoms with Crippen LogP contribution in [0, 0.1) is 0 Å². The summed E-state index contributed by atoms with van der Waals surface area (Å²) >= 11 is 9.53. The first kappa shape index (κ1) is 27.9. The molecule has 1 aliphatic rings. The highest BCUT2D eigenvalue weighted by Crippen LogP contribution is 2.30. The van der Waals surface area contributed by atoms with Crippen LogP contribution in [0.5, 0.6) is 5.75 Å². The number of piperazine rings is 1. The molecule has 1 aliphatic heterocycles. The van der Waals surface area contributed by atoms with Gasteiger partial charge >= 0.3 is 0 Å². The number of amides is 2. The number of ether oxygens (including phenoxy) is 1. The molecule has 0 spiro atoms. The first-order valence-corrected chi connectivity index (χ1v) is 14.3. The molecule has 40 heavy (non-hydrogen) atoms. The van der Waals surface area contributed by atoms with Gasteiger partial charge in [0.05, 0.1) is 22.3 Å². The van der Waals surface area contributed by atoms with Crippen molar-refractivity contribution in [2.75, 3.05) is 38.1 Å². The maximum absolute atomic E-state index is 13.6. The number of carbonyl (C=O) groups excluding carboxylic acids is 2. The van der Waals surface area contributed by atoms with E-state index in [1.807, 2.05) is 17.0 Å². The number of nitrogens with one attached hydrogen (secondary N) is 1. The van der Waals surface area contributed by atoms with E-state index in [1.54, 1.807) is 42.5 Å². The van der Waals surface area contributed by atoms with E-state index in [0.717, 1.165) is 17.6 Å². The Kier molecular flexibility index (Phi) is 9.16. The molecule has 0 radical (unpaired) electrons. The van der Waals surface area contributed by atoms with Crippen molar-refractivity contribution in [3.05, 3.63) is 129 Å². The largest absolute Gasteiger partial charge is 0.482 e. The van der Waals surface area contributed by atoms with E-state index in [-0.39, 0.29) is 24.5 Å². The highest BCUT2D eigenvalue weighted by molar-refractivity contribution is 9.10. The number of rotatable bonds is 8. The average Bonchev–Trinajstić information content (AvgIpc) is 2.98. The van der Waals surface area contributed by atoms with Crippen LogP contribution in [0.2, 0.25) is 5.02 Å². The van der Waals surface area contributed by atoms with Crippen LogP contribution in [0.1, 0.15) is 27.5 Å². The van der Waals surface area contributed by atoms with Gasteiger partial charge in [-0.2, -0.15) is 0 Å². The Morgan fingerprint density at radius 1 is 0.825 bits per heavy atom. The van der Waals surface area contributed by atoms with Crippen molar-refractivity contribution in [2.45, 2.75) is 6.04 Å². The van der Waals surface area contributed by atoms with Gasteiger partial charge in [-0.05, 0) is 41.5 Å². The molecule has 204 valence electrons. The van der Waals surface area contributed by atoms with Crippen molar-refractivity contribution in [1.82, 2.24) is 9.80 Å². The predicted octanol–water partition coefficient (Wildman–Crippen LogP) is 6.67. The molecule has 1 saturated heterocycles. The second-order valence-corrected chi connectivity index (χ2v) is 10.8. The predicted molar refractivity (Wildman–Crippen MR) is 162 cm³/mol. The SMILES string of the molecule is O=C(COc1ccc(Br)cc1Cl)Nc1ccccc1C(=O)N1CCN(C(c2ccccc2)c2ccccc2)CC1. The number of carbonyl (C=O) groups is 2. The Balaban J connectivity index is 1.23. The van der Waals surface area contributed by atoms with Crippen molar-refractivity contribution in [3.8, 4) is 5.75 Å². The summed E-state index contributed by atoms with van der Waals surface area (Å²) in [6.45, 7) is 2.40. The molecule has 0 bridgehead atoms. The first-order chi connectivity index (χ1) is 19.5. The van der Waals surface area contributed by atoms with Gasteiger partial charge in [-0.25, -0.2) is 0 Å². The number of benzene rings is 4. The highest BCUT2D eigenvalue weighted by Gasteiger charge is 2.29. The summed E-state index contributed by atoms with van der Waals surface area (Å²) in [5.74, 6) is -0.0763. The second-order valence-electron chi connectivity index (χ2n) is 9.51. The average molecular weight is 619 g/mol. The fourth-order valence-electron chi connectivity index (χ4n) is 4.94. The van der Waals surface area contributed by atoms with E-state index in [1.165, 1.54) is 11.1 Å². The summed E-state index contributed by atoms with van der Waals surface area (Å²) in [4.78, 5) is 30.5. The van der Waals surface area contributed by atoms with Gasteiger partial charge in [-0.3, -0.25) is 14.5 Å². The maximum Gasteiger partial charge on any atom is 0.262 e. The summed E-state index contributed by atoms with van der Waals surface area (Å²) in [6, 6.07) is 33.3. The van der Waals surface area contributed by atoms with E-state index in [9.17, 15) is 9.59 Å². The molecule has 4 aromatic rings. The molecule has 0 saturated carbocycles. The minimum absolute atomic E-state index is 0.108. The van der Waals surface area contributed by atoms with Crippen LogP contribution in [-0.2, 0) is 4.79 Å². The zero-order chi connectivity index (χ0) is 27.9. The third kappa shape index (κ3) is 6.73. The maximum atomic E-state index is 13.6. The second kappa shape index (κ2) is 13.1. The first-order valence-electron chi connectivity index (χ1n) is 13.1. The topological polar surface area (TPSA) is 61.9 Å². The van der Waals surface area contributed by atoms with Crippen molar-refractivity contribution >= 4 is 45.0 Å². The summed E-state index contributed by atoms with van der Waals surface area (Å²) in [7, 11) is 0. The number of para-hydroxylation sites is 1. The lowest BCUT2D eigenvalue weighted by atomic mass is 9.96. The van der Waals surface area contributed by atoms with Crippen LogP contribution in [0.4, 0.5) is 5.69 Å². The van der Waals surface area contributed by atoms with E-state index >= 15 is 0 Å². The zero-order valence-corrected chi connectivity index (χ0v) is 24.1. The van der Waals surface area contributed by atoms with Gasteiger partial charge in [0.2, 0.25) is 0 Å². The van der Waals surface area contributed by atoms with Gasteiger partial charge in [0, 0.05) is 30.7 Å². The number of anilines is 1. The molecule has 1 fully saturated rings. The van der Waals surface area contributed by atoms with E-state index in [2.05, 4.69) is 74.7 Å². The molecule has 0 unspecified atom stereocenters. The molecule has 1 N–H and O–H groups in total. The lowest BCUT2D eigenvalue weighted by molar-refractivity contribution is -0.118. The Bertz CT molecular complexity index is 1420. The Morgan fingerprint density at radius 3 is 2.05 bits per heavy atom. The van der Waals surface area contributed by atoms with Crippen LogP contribution in [0.15, 0.2) is 108 Å². The Morgan fingerprint density at radius 2 is 1.43 bits per heavy atom. The third-order valence-corrected chi connectivity index (χ3v) is 7.67. The van der Waals surface area contributed by atoms with E-state index in [0.29, 0.717) is 35.1 Å². The smallest absolute Gasteiger partial charge is 0.262 e. The zero-order valence-electron chi connectivity index (χ0n) is 21.8. The summed E-state index contributed by atoms with van der Waals surface area (Å²) in [5, 5.41) is 3.23. The molecule has 0 aliphatic carbocycles. The normalized spacial score (nSPS) is 13.7. The number of hydrogen-bond acceptors (Lipinski definition) is 4. The van der Waals surface area contributed by atoms with Crippen LogP contribution in [-0.4, -0.2) is 54.4 Å². The van der Waals surface area contributed by atoms with Crippen molar-refractivity contribution in [2.24, 2.45) is 0 Å². The third-order valence-electron chi connectivity index (χ3n) is 6.88. The Hall–Kier alpha value is -3.65. The highest BCUT2D eigenvalue weighted by atomic mass is 79.9. The standard InChI is InChI=1S/C32H29BrClN3O3/c33-25-15-16-29(27(34)21-25)40-22-30(38)35-28-14-8-7-13-26(28)32(39)37-19-17-36(18-20-37)31(23-9-3-1-4-10-23)24-11-5-2-6-12-24/h1-16,21,31H,17-20,22H2,(H,35,38). The van der Waals surface area contributed by atoms with Crippen molar-refractivity contribution < 1.29 is 14.3 Å². The summed E-state index contributed by atoms with van der Waals surface area (Å²) in [5.41, 5.74) is 3.37. The fourth-order valence-corrected chi connectivity index (χ4v) is 5.67. The molecule has 5 rings (SSSR count). The van der Waals surface area contributed by atoms with Gasteiger partial charge in [-0.15, -0.1) is 0 Å². The van der Waals surface area contributed by atoms with Crippen LogP contribution in [0.25, 0.3) is 0 Å². The molecule has 2 amide bonds. The van der Waals surface area contributed by atoms with Crippen LogP contribution in [0.3, 0.4) is 0 Å². The molecular formula is C32H29BrClN3O3. The van der Waals surface area contributed by atoms with Crippen molar-refractivity contribution in [3.63, 3.8) is 0 Å². The molecule has 1 heterocycles. The molecule has 0 atom stereocenters. The van der Waals surface area contributed by atoms with Crippen molar-refractivity contribution in [1.29, 1.82) is 0 Å². The minimum atomic E-state index is -0.377. The monoisotopic (exact) mass is 617 g/mol. The number of nitrogens with zero attached hydrogens (tertiary/aromatic N) is 2. The Labute approximate surface area is 247 Å². The van der Waals surface area contributed by atoms with E-state index in [4.69, 9.17) is 16.3 Å². The van der Waals surface area contributed by atoms with Crippen LogP contribution >= 0.6 is 27.5 Å². The molecular weight excluding hydrogens is 590 g/mol. The molecule has 0 aromatic heterocycles. The van der Waals surface area contributed by atoms with Gasteiger partial charge in [0.25, 0.3) is 11.8 Å². The molecule has 8 heteroatoms. The van der Waals surface area contributed by atoms with E-state index < -0.39 is 0 Å². The van der Waals surface area contributed by atoms with Gasteiger partial charge in [0.1, 0.15) is 5.75 Å². The van der Waals surface area contributed by atoms with Gasteiger partial charge in [-0.1, -0.05) is 100 Å². The molecule has 6 nitrogen and oxygen atoms in total.